The molecule has 0 spiro atoms. The first-order valence-electron chi connectivity index (χ1n) is 10.5. The quantitative estimate of drug-likeness (QED) is 0.403. The number of rotatable bonds is 6. The van der Waals surface area contributed by atoms with Crippen LogP contribution >= 0.6 is 0 Å². The molecule has 1 amide bonds. The molecular formula is C25H21N7O. The molecule has 3 heterocycles. The highest BCUT2D eigenvalue weighted by Gasteiger charge is 2.12. The number of anilines is 2. The van der Waals surface area contributed by atoms with E-state index in [-0.39, 0.29) is 11.9 Å². The van der Waals surface area contributed by atoms with Crippen LogP contribution in [-0.4, -0.2) is 30.4 Å². The molecule has 0 aliphatic rings. The van der Waals surface area contributed by atoms with Crippen molar-refractivity contribution in [3.8, 4) is 5.82 Å². The van der Waals surface area contributed by atoms with Gasteiger partial charge in [-0.25, -0.2) is 9.97 Å². The largest absolute Gasteiger partial charge is 0.348 e. The zero-order valence-corrected chi connectivity index (χ0v) is 17.9. The Labute approximate surface area is 190 Å². The summed E-state index contributed by atoms with van der Waals surface area (Å²) < 4.78 is 1.89. The Morgan fingerprint density at radius 2 is 1.76 bits per heavy atom. The van der Waals surface area contributed by atoms with Gasteiger partial charge in [-0.2, -0.15) is 4.98 Å². The maximum Gasteiger partial charge on any atom is 0.274 e. The lowest BCUT2D eigenvalue weighted by molar-refractivity contribution is 0.102. The van der Waals surface area contributed by atoms with Crippen molar-refractivity contribution in [1.29, 1.82) is 0 Å². The summed E-state index contributed by atoms with van der Waals surface area (Å²) in [6.07, 6.45) is 5.02. The van der Waals surface area contributed by atoms with Crippen LogP contribution in [0, 0.1) is 0 Å². The highest BCUT2D eigenvalue weighted by Crippen LogP contribution is 2.22. The van der Waals surface area contributed by atoms with Crippen LogP contribution in [0.15, 0.2) is 91.5 Å². The van der Waals surface area contributed by atoms with E-state index < -0.39 is 0 Å². The molecule has 33 heavy (non-hydrogen) atoms. The highest BCUT2D eigenvalue weighted by atomic mass is 16.1. The fourth-order valence-corrected chi connectivity index (χ4v) is 3.54. The summed E-state index contributed by atoms with van der Waals surface area (Å²) in [5, 5.41) is 6.20. The number of nitrogens with zero attached hydrogens (tertiary/aromatic N) is 5. The molecule has 3 aromatic heterocycles. The third kappa shape index (κ3) is 4.40. The maximum atomic E-state index is 12.4. The summed E-state index contributed by atoms with van der Waals surface area (Å²) in [5.41, 5.74) is 3.75. The molecule has 8 heteroatoms. The van der Waals surface area contributed by atoms with Gasteiger partial charge in [0.2, 0.25) is 5.95 Å². The molecule has 0 aliphatic heterocycles. The van der Waals surface area contributed by atoms with Crippen molar-refractivity contribution >= 4 is 28.6 Å². The normalized spacial score (nSPS) is 11.8. The first-order chi connectivity index (χ1) is 16.2. The summed E-state index contributed by atoms with van der Waals surface area (Å²) in [6, 6.07) is 22.8. The molecule has 0 bridgehead atoms. The fourth-order valence-electron chi connectivity index (χ4n) is 3.54. The molecule has 5 rings (SSSR count). The van der Waals surface area contributed by atoms with Crippen LogP contribution in [0.1, 0.15) is 29.0 Å². The van der Waals surface area contributed by atoms with Crippen molar-refractivity contribution in [2.75, 3.05) is 10.6 Å². The molecule has 0 aliphatic carbocycles. The second-order valence-corrected chi connectivity index (χ2v) is 7.50. The number of pyridine rings is 1. The van der Waals surface area contributed by atoms with Crippen LogP contribution in [0.4, 0.5) is 11.6 Å². The topological polar surface area (TPSA) is 97.6 Å². The lowest BCUT2D eigenvalue weighted by Gasteiger charge is -2.14. The number of amides is 1. The minimum absolute atomic E-state index is 0.0613. The van der Waals surface area contributed by atoms with Gasteiger partial charge in [-0.3, -0.25) is 14.3 Å². The second kappa shape index (κ2) is 8.88. The third-order valence-electron chi connectivity index (χ3n) is 5.24. The second-order valence-electron chi connectivity index (χ2n) is 7.50. The van der Waals surface area contributed by atoms with Gasteiger partial charge in [0.15, 0.2) is 0 Å². The molecule has 0 radical (unpaired) electrons. The Balaban J connectivity index is 1.37. The van der Waals surface area contributed by atoms with Gasteiger partial charge >= 0.3 is 0 Å². The monoisotopic (exact) mass is 435 g/mol. The van der Waals surface area contributed by atoms with Gasteiger partial charge in [0, 0.05) is 18.1 Å². The molecule has 0 saturated heterocycles. The van der Waals surface area contributed by atoms with Crippen molar-refractivity contribution < 1.29 is 4.79 Å². The van der Waals surface area contributed by atoms with Crippen LogP contribution in [0.2, 0.25) is 0 Å². The zero-order valence-electron chi connectivity index (χ0n) is 17.9. The van der Waals surface area contributed by atoms with E-state index in [0.717, 1.165) is 16.6 Å². The van der Waals surface area contributed by atoms with Crippen LogP contribution in [-0.2, 0) is 0 Å². The van der Waals surface area contributed by atoms with Crippen molar-refractivity contribution in [3.05, 3.63) is 103 Å². The average molecular weight is 435 g/mol. The van der Waals surface area contributed by atoms with Crippen LogP contribution in [0.25, 0.3) is 16.9 Å². The number of aromatic nitrogens is 5. The number of fused-ring (bicyclic) bond motifs is 1. The molecule has 0 saturated carbocycles. The van der Waals surface area contributed by atoms with Gasteiger partial charge < -0.3 is 10.6 Å². The van der Waals surface area contributed by atoms with Crippen LogP contribution < -0.4 is 10.6 Å². The number of hydrogen-bond acceptors (Lipinski definition) is 6. The lowest BCUT2D eigenvalue weighted by Crippen LogP contribution is -2.13. The molecule has 2 aromatic carbocycles. The Bertz CT molecular complexity index is 1400. The van der Waals surface area contributed by atoms with E-state index in [1.54, 1.807) is 36.9 Å². The lowest BCUT2D eigenvalue weighted by atomic mass is 10.1. The number of hydrogen-bond donors (Lipinski definition) is 2. The van der Waals surface area contributed by atoms with E-state index >= 15 is 0 Å². The first kappa shape index (κ1) is 20.3. The number of imidazole rings is 1. The van der Waals surface area contributed by atoms with E-state index in [1.807, 2.05) is 47.0 Å². The minimum atomic E-state index is -0.270. The fraction of sp³-hybridized carbons (Fsp3) is 0.0800. The Kier molecular flexibility index (Phi) is 5.47. The summed E-state index contributed by atoms with van der Waals surface area (Å²) in [6.45, 7) is 2.07. The predicted octanol–water partition coefficient (Wildman–Crippen LogP) is 4.64. The Hall–Kier alpha value is -4.59. The third-order valence-corrected chi connectivity index (χ3v) is 5.24. The van der Waals surface area contributed by atoms with E-state index in [4.69, 9.17) is 0 Å². The van der Waals surface area contributed by atoms with Gasteiger partial charge in [0.05, 0.1) is 17.1 Å². The van der Waals surface area contributed by atoms with Gasteiger partial charge in [-0.15, -0.1) is 0 Å². The molecule has 5 aromatic rings. The van der Waals surface area contributed by atoms with Crippen LogP contribution in [0.3, 0.4) is 0 Å². The van der Waals surface area contributed by atoms with Gasteiger partial charge in [-0.1, -0.05) is 36.4 Å². The SMILES string of the molecule is C[C@H](Nc1nccc(-n2cnc3cc(NC(=O)c4ccccn4)ccc32)n1)c1ccccc1. The van der Waals surface area contributed by atoms with Gasteiger partial charge in [-0.05, 0) is 48.9 Å². The molecule has 1 atom stereocenters. The van der Waals surface area contributed by atoms with Crippen molar-refractivity contribution in [1.82, 2.24) is 24.5 Å². The van der Waals surface area contributed by atoms with E-state index in [2.05, 4.69) is 49.6 Å². The van der Waals surface area contributed by atoms with E-state index in [0.29, 0.717) is 23.1 Å². The van der Waals surface area contributed by atoms with Crippen molar-refractivity contribution in [2.24, 2.45) is 0 Å². The molecule has 2 N–H and O–H groups in total. The zero-order chi connectivity index (χ0) is 22.6. The first-order valence-corrected chi connectivity index (χ1v) is 10.5. The minimum Gasteiger partial charge on any atom is -0.348 e. The smallest absolute Gasteiger partial charge is 0.274 e. The Morgan fingerprint density at radius 3 is 2.58 bits per heavy atom. The number of benzene rings is 2. The van der Waals surface area contributed by atoms with Crippen molar-refractivity contribution in [3.63, 3.8) is 0 Å². The van der Waals surface area contributed by atoms with Crippen LogP contribution in [0.5, 0.6) is 0 Å². The van der Waals surface area contributed by atoms with E-state index in [9.17, 15) is 4.79 Å². The number of nitrogens with one attached hydrogen (secondary N) is 2. The predicted molar refractivity (Wildman–Crippen MR) is 127 cm³/mol. The molecule has 0 unspecified atom stereocenters. The Morgan fingerprint density at radius 1 is 0.909 bits per heavy atom. The molecule has 8 nitrogen and oxygen atoms in total. The summed E-state index contributed by atoms with van der Waals surface area (Å²) >= 11 is 0. The molecule has 0 fully saturated rings. The summed E-state index contributed by atoms with van der Waals surface area (Å²) in [4.78, 5) is 30.0. The van der Waals surface area contributed by atoms with Crippen molar-refractivity contribution in [2.45, 2.75) is 13.0 Å². The molecular weight excluding hydrogens is 414 g/mol. The standard InChI is InChI=1S/C25H21N7O/c1-17(18-7-3-2-4-8-18)29-25-27-14-12-23(31-25)32-16-28-21-15-19(10-11-22(21)32)30-24(33)20-9-5-6-13-26-20/h2-17H,1H3,(H,30,33)(H,27,29,31)/t17-/m0/s1. The maximum absolute atomic E-state index is 12.4. The summed E-state index contributed by atoms with van der Waals surface area (Å²) in [5.74, 6) is 0.957. The van der Waals surface area contributed by atoms with Gasteiger partial charge in [0.25, 0.3) is 5.91 Å². The summed E-state index contributed by atoms with van der Waals surface area (Å²) in [7, 11) is 0. The number of carbonyl (C=O) groups is 1. The van der Waals surface area contributed by atoms with Gasteiger partial charge in [0.1, 0.15) is 17.8 Å². The highest BCUT2D eigenvalue weighted by molar-refractivity contribution is 6.03. The number of carbonyl (C=O) groups excluding carboxylic acids is 1. The molecule has 162 valence electrons. The van der Waals surface area contributed by atoms with E-state index in [1.165, 1.54) is 0 Å². The average Bonchev–Trinajstić information content (AvgIpc) is 3.28.